The van der Waals surface area contributed by atoms with E-state index in [1.165, 1.54) is 6.20 Å². The Morgan fingerprint density at radius 2 is 2.33 bits per heavy atom. The Balaban J connectivity index is 1.93. The van der Waals surface area contributed by atoms with E-state index in [1.807, 2.05) is 0 Å². The average molecular weight is 247 g/mol. The number of aromatic nitrogens is 2. The van der Waals surface area contributed by atoms with Gasteiger partial charge in [-0.1, -0.05) is 5.16 Å². The number of hydrogen-bond donors (Lipinski definition) is 1. The second-order valence-corrected chi connectivity index (χ2v) is 3.48. The first-order valence-corrected chi connectivity index (χ1v) is 5.56. The second-order valence-electron chi connectivity index (χ2n) is 3.48. The van der Waals surface area contributed by atoms with Crippen LogP contribution in [-0.4, -0.2) is 22.7 Å². The van der Waals surface area contributed by atoms with Gasteiger partial charge in [-0.25, -0.2) is 9.78 Å². The van der Waals surface area contributed by atoms with Gasteiger partial charge in [0.25, 0.3) is 0 Å². The number of carbonyl (C=O) groups excluding carboxylic acids is 1. The van der Waals surface area contributed by atoms with Crippen LogP contribution in [0.3, 0.4) is 0 Å². The summed E-state index contributed by atoms with van der Waals surface area (Å²) >= 11 is 0. The van der Waals surface area contributed by atoms with Gasteiger partial charge in [0.05, 0.1) is 24.9 Å². The number of pyridine rings is 1. The molecule has 18 heavy (non-hydrogen) atoms. The summed E-state index contributed by atoms with van der Waals surface area (Å²) < 4.78 is 9.80. The topological polar surface area (TPSA) is 77.2 Å². The van der Waals surface area contributed by atoms with Crippen LogP contribution >= 0.6 is 0 Å². The minimum absolute atomic E-state index is 0.352. The quantitative estimate of drug-likeness (QED) is 0.812. The second kappa shape index (κ2) is 5.81. The lowest BCUT2D eigenvalue weighted by molar-refractivity contribution is 0.0526. The zero-order chi connectivity index (χ0) is 12.8. The lowest BCUT2D eigenvalue weighted by Crippen LogP contribution is -2.06. The lowest BCUT2D eigenvalue weighted by Gasteiger charge is -2.04. The van der Waals surface area contributed by atoms with E-state index in [4.69, 9.17) is 9.26 Å². The Kier molecular flexibility index (Phi) is 3.90. The van der Waals surface area contributed by atoms with Crippen molar-refractivity contribution in [3.05, 3.63) is 41.9 Å². The van der Waals surface area contributed by atoms with Gasteiger partial charge in [0.1, 0.15) is 5.82 Å². The van der Waals surface area contributed by atoms with Gasteiger partial charge in [0, 0.05) is 12.3 Å². The molecule has 0 radical (unpaired) electrons. The molecule has 0 spiro atoms. The Morgan fingerprint density at radius 3 is 2.94 bits per heavy atom. The number of carbonyl (C=O) groups is 1. The smallest absolute Gasteiger partial charge is 0.339 e. The van der Waals surface area contributed by atoms with Gasteiger partial charge in [-0.2, -0.15) is 0 Å². The molecule has 0 bridgehead atoms. The summed E-state index contributed by atoms with van der Waals surface area (Å²) in [7, 11) is 0. The summed E-state index contributed by atoms with van der Waals surface area (Å²) in [5.74, 6) is 0.998. The van der Waals surface area contributed by atoms with Crippen LogP contribution in [0.5, 0.6) is 0 Å². The summed E-state index contributed by atoms with van der Waals surface area (Å²) in [5, 5.41) is 6.64. The van der Waals surface area contributed by atoms with E-state index >= 15 is 0 Å². The van der Waals surface area contributed by atoms with Gasteiger partial charge < -0.3 is 14.6 Å². The van der Waals surface area contributed by atoms with E-state index in [-0.39, 0.29) is 5.97 Å². The maximum Gasteiger partial charge on any atom is 0.339 e. The van der Waals surface area contributed by atoms with Crippen LogP contribution in [0.15, 0.2) is 35.1 Å². The fourth-order valence-electron chi connectivity index (χ4n) is 1.34. The molecule has 2 aromatic heterocycles. The van der Waals surface area contributed by atoms with Gasteiger partial charge in [-0.05, 0) is 19.1 Å². The van der Waals surface area contributed by atoms with Crippen LogP contribution in [0.25, 0.3) is 0 Å². The molecule has 0 aliphatic heterocycles. The van der Waals surface area contributed by atoms with Crippen molar-refractivity contribution in [2.24, 2.45) is 0 Å². The summed E-state index contributed by atoms with van der Waals surface area (Å²) in [6.45, 7) is 2.61. The highest BCUT2D eigenvalue weighted by atomic mass is 16.5. The molecule has 6 nitrogen and oxygen atoms in total. The summed E-state index contributed by atoms with van der Waals surface area (Å²) in [4.78, 5) is 15.5. The van der Waals surface area contributed by atoms with E-state index in [9.17, 15) is 4.79 Å². The van der Waals surface area contributed by atoms with Crippen molar-refractivity contribution in [1.82, 2.24) is 10.1 Å². The van der Waals surface area contributed by atoms with Crippen molar-refractivity contribution >= 4 is 11.8 Å². The third-order valence-corrected chi connectivity index (χ3v) is 2.21. The molecule has 2 heterocycles. The molecule has 94 valence electrons. The highest BCUT2D eigenvalue weighted by Gasteiger charge is 2.06. The molecular formula is C12H13N3O3. The number of esters is 1. The van der Waals surface area contributed by atoms with E-state index in [0.29, 0.717) is 30.3 Å². The SMILES string of the molecule is CCOC(=O)c1ccc(NCc2ccno2)nc1. The van der Waals surface area contributed by atoms with Crippen LogP contribution in [0.4, 0.5) is 5.82 Å². The largest absolute Gasteiger partial charge is 0.462 e. The fourth-order valence-corrected chi connectivity index (χ4v) is 1.34. The molecule has 1 N–H and O–H groups in total. The molecule has 0 aliphatic carbocycles. The first-order valence-electron chi connectivity index (χ1n) is 5.56. The molecular weight excluding hydrogens is 234 g/mol. The molecule has 0 saturated carbocycles. The van der Waals surface area contributed by atoms with Crippen molar-refractivity contribution in [1.29, 1.82) is 0 Å². The van der Waals surface area contributed by atoms with Crippen molar-refractivity contribution < 1.29 is 14.1 Å². The third kappa shape index (κ3) is 3.07. The van der Waals surface area contributed by atoms with Gasteiger partial charge in [0.2, 0.25) is 0 Å². The monoisotopic (exact) mass is 247 g/mol. The van der Waals surface area contributed by atoms with Gasteiger partial charge in [-0.3, -0.25) is 0 Å². The highest BCUT2D eigenvalue weighted by Crippen LogP contribution is 2.08. The van der Waals surface area contributed by atoms with Crippen LogP contribution in [0, 0.1) is 0 Å². The molecule has 0 atom stereocenters. The molecule has 0 saturated heterocycles. The fraction of sp³-hybridized carbons (Fsp3) is 0.250. The van der Waals surface area contributed by atoms with Crippen molar-refractivity contribution in [3.8, 4) is 0 Å². The van der Waals surface area contributed by atoms with Crippen LogP contribution in [0.1, 0.15) is 23.0 Å². The standard InChI is InChI=1S/C12H13N3O3/c1-2-17-12(16)9-3-4-11(13-7-9)14-8-10-5-6-15-18-10/h3-7H,2,8H2,1H3,(H,13,14). The Hall–Kier alpha value is -2.37. The highest BCUT2D eigenvalue weighted by molar-refractivity contribution is 5.89. The maximum atomic E-state index is 11.4. The van der Waals surface area contributed by atoms with E-state index in [0.717, 1.165) is 0 Å². The molecule has 0 unspecified atom stereocenters. The summed E-state index contributed by atoms with van der Waals surface area (Å²) in [6.07, 6.45) is 3.05. The zero-order valence-electron chi connectivity index (χ0n) is 9.92. The molecule has 0 aliphatic rings. The van der Waals surface area contributed by atoms with Crippen molar-refractivity contribution in [3.63, 3.8) is 0 Å². The first-order chi connectivity index (χ1) is 8.79. The third-order valence-electron chi connectivity index (χ3n) is 2.21. The Morgan fingerprint density at radius 1 is 1.44 bits per heavy atom. The lowest BCUT2D eigenvalue weighted by atomic mass is 10.3. The summed E-state index contributed by atoms with van der Waals surface area (Å²) in [6, 6.07) is 5.14. The van der Waals surface area contributed by atoms with Crippen LogP contribution in [0.2, 0.25) is 0 Å². The van der Waals surface area contributed by atoms with Crippen molar-refractivity contribution in [2.45, 2.75) is 13.5 Å². The van der Waals surface area contributed by atoms with Crippen LogP contribution in [-0.2, 0) is 11.3 Å². The number of rotatable bonds is 5. The molecule has 2 aromatic rings. The van der Waals surface area contributed by atoms with Gasteiger partial charge in [0.15, 0.2) is 5.76 Å². The molecule has 0 amide bonds. The van der Waals surface area contributed by atoms with Crippen molar-refractivity contribution in [2.75, 3.05) is 11.9 Å². The van der Waals surface area contributed by atoms with Crippen LogP contribution < -0.4 is 5.32 Å². The van der Waals surface area contributed by atoms with E-state index < -0.39 is 0 Å². The normalized spacial score (nSPS) is 10.1. The van der Waals surface area contributed by atoms with E-state index in [2.05, 4.69) is 15.5 Å². The van der Waals surface area contributed by atoms with Gasteiger partial charge in [-0.15, -0.1) is 0 Å². The zero-order valence-corrected chi connectivity index (χ0v) is 9.92. The number of hydrogen-bond acceptors (Lipinski definition) is 6. The molecule has 2 rings (SSSR count). The number of nitrogens with zero attached hydrogens (tertiary/aromatic N) is 2. The number of ether oxygens (including phenoxy) is 1. The first kappa shape index (κ1) is 12.1. The minimum Gasteiger partial charge on any atom is -0.462 e. The Labute approximate surface area is 104 Å². The van der Waals surface area contributed by atoms with Gasteiger partial charge >= 0.3 is 5.97 Å². The molecule has 0 fully saturated rings. The maximum absolute atomic E-state index is 11.4. The number of anilines is 1. The Bertz CT molecular complexity index is 494. The molecule has 0 aromatic carbocycles. The predicted octanol–water partition coefficient (Wildman–Crippen LogP) is 1.86. The molecule has 6 heteroatoms. The minimum atomic E-state index is -0.369. The van der Waals surface area contributed by atoms with E-state index in [1.54, 1.807) is 31.3 Å². The summed E-state index contributed by atoms with van der Waals surface area (Å²) in [5.41, 5.74) is 0.432. The predicted molar refractivity (Wildman–Crippen MR) is 64.0 cm³/mol. The average Bonchev–Trinajstić information content (AvgIpc) is 2.90. The number of nitrogens with one attached hydrogen (secondary N) is 1.